The molecular formula is C15H13BrClNO. The fourth-order valence-corrected chi connectivity index (χ4v) is 2.34. The summed E-state index contributed by atoms with van der Waals surface area (Å²) in [6.07, 6.45) is 0. The lowest BCUT2D eigenvalue weighted by Gasteiger charge is -2.06. The van der Waals surface area contributed by atoms with E-state index in [1.165, 1.54) is 0 Å². The van der Waals surface area contributed by atoms with Gasteiger partial charge in [-0.1, -0.05) is 40.2 Å². The van der Waals surface area contributed by atoms with Crippen molar-refractivity contribution >= 4 is 33.4 Å². The number of carbonyl (C=O) groups excluding carboxylic acids is 1. The second-order valence-corrected chi connectivity index (χ2v) is 5.33. The van der Waals surface area contributed by atoms with Crippen LogP contribution in [0.2, 0.25) is 0 Å². The van der Waals surface area contributed by atoms with Crippen molar-refractivity contribution in [2.75, 3.05) is 0 Å². The maximum Gasteiger partial charge on any atom is 0.251 e. The first kappa shape index (κ1) is 14.1. The van der Waals surface area contributed by atoms with Crippen LogP contribution in [0.25, 0.3) is 0 Å². The fraction of sp³-hybridized carbons (Fsp3) is 0.133. The largest absolute Gasteiger partial charge is 0.348 e. The molecule has 2 aromatic carbocycles. The maximum absolute atomic E-state index is 12.0. The van der Waals surface area contributed by atoms with Crippen LogP contribution in [-0.2, 0) is 12.4 Å². The molecule has 0 atom stereocenters. The fourth-order valence-electron chi connectivity index (χ4n) is 1.73. The Bertz CT molecular complexity index is 586. The second kappa shape index (κ2) is 6.73. The molecule has 0 aliphatic heterocycles. The molecule has 1 amide bonds. The Morgan fingerprint density at radius 1 is 1.11 bits per heavy atom. The highest BCUT2D eigenvalue weighted by molar-refractivity contribution is 9.10. The van der Waals surface area contributed by atoms with E-state index in [0.29, 0.717) is 18.0 Å². The van der Waals surface area contributed by atoms with Crippen LogP contribution in [0, 0.1) is 0 Å². The molecule has 1 N–H and O–H groups in total. The first-order valence-corrected chi connectivity index (χ1v) is 7.19. The quantitative estimate of drug-likeness (QED) is 0.835. The van der Waals surface area contributed by atoms with E-state index in [0.717, 1.165) is 15.6 Å². The van der Waals surface area contributed by atoms with Crippen LogP contribution in [0.3, 0.4) is 0 Å². The zero-order chi connectivity index (χ0) is 13.7. The van der Waals surface area contributed by atoms with Gasteiger partial charge in [-0.15, -0.1) is 11.6 Å². The van der Waals surface area contributed by atoms with Crippen LogP contribution in [0.1, 0.15) is 21.5 Å². The first-order chi connectivity index (χ1) is 9.19. The summed E-state index contributed by atoms with van der Waals surface area (Å²) < 4.78 is 1.00. The van der Waals surface area contributed by atoms with Crippen molar-refractivity contribution in [3.8, 4) is 0 Å². The van der Waals surface area contributed by atoms with E-state index < -0.39 is 0 Å². The standard InChI is InChI=1S/C15H13BrClNO/c16-14-6-2-4-12(8-14)10-18-15(19)13-5-1-3-11(7-13)9-17/h1-8H,9-10H2,(H,18,19). The Balaban J connectivity index is 2.01. The van der Waals surface area contributed by atoms with Gasteiger partial charge in [0.25, 0.3) is 5.91 Å². The molecule has 0 heterocycles. The maximum atomic E-state index is 12.0. The second-order valence-electron chi connectivity index (χ2n) is 4.15. The molecule has 0 spiro atoms. The van der Waals surface area contributed by atoms with Crippen LogP contribution in [0.5, 0.6) is 0 Å². The molecule has 2 aromatic rings. The molecular weight excluding hydrogens is 326 g/mol. The molecule has 2 nitrogen and oxygen atoms in total. The number of alkyl halides is 1. The molecule has 0 radical (unpaired) electrons. The van der Waals surface area contributed by atoms with E-state index in [1.54, 1.807) is 6.07 Å². The average Bonchev–Trinajstić information content (AvgIpc) is 2.45. The molecule has 2 rings (SSSR count). The zero-order valence-electron chi connectivity index (χ0n) is 10.2. The van der Waals surface area contributed by atoms with Gasteiger partial charge in [0.2, 0.25) is 0 Å². The van der Waals surface area contributed by atoms with E-state index in [2.05, 4.69) is 21.2 Å². The van der Waals surface area contributed by atoms with Crippen LogP contribution in [0.4, 0.5) is 0 Å². The predicted octanol–water partition coefficient (Wildman–Crippen LogP) is 4.12. The Kier molecular flexibility index (Phi) is 5.00. The van der Waals surface area contributed by atoms with E-state index in [-0.39, 0.29) is 5.91 Å². The van der Waals surface area contributed by atoms with Crippen molar-refractivity contribution in [3.05, 3.63) is 69.7 Å². The first-order valence-electron chi connectivity index (χ1n) is 5.86. The smallest absolute Gasteiger partial charge is 0.251 e. The van der Waals surface area contributed by atoms with Crippen molar-refractivity contribution in [1.82, 2.24) is 5.32 Å². The topological polar surface area (TPSA) is 29.1 Å². The van der Waals surface area contributed by atoms with Gasteiger partial charge in [-0.2, -0.15) is 0 Å². The van der Waals surface area contributed by atoms with Crippen LogP contribution < -0.4 is 5.32 Å². The molecule has 98 valence electrons. The lowest BCUT2D eigenvalue weighted by Crippen LogP contribution is -2.22. The highest BCUT2D eigenvalue weighted by Crippen LogP contribution is 2.12. The number of benzene rings is 2. The summed E-state index contributed by atoms with van der Waals surface area (Å²) in [6, 6.07) is 15.2. The Hall–Kier alpha value is -1.32. The molecule has 0 saturated carbocycles. The summed E-state index contributed by atoms with van der Waals surface area (Å²) in [5, 5.41) is 2.89. The van der Waals surface area contributed by atoms with Gasteiger partial charge < -0.3 is 5.32 Å². The van der Waals surface area contributed by atoms with Gasteiger partial charge in [-0.25, -0.2) is 0 Å². The van der Waals surface area contributed by atoms with Crippen molar-refractivity contribution < 1.29 is 4.79 Å². The molecule has 0 saturated heterocycles. The number of hydrogen-bond donors (Lipinski definition) is 1. The third-order valence-electron chi connectivity index (χ3n) is 2.69. The number of carbonyl (C=O) groups is 1. The number of amides is 1. The van der Waals surface area contributed by atoms with Crippen molar-refractivity contribution in [3.63, 3.8) is 0 Å². The van der Waals surface area contributed by atoms with Gasteiger partial charge in [0, 0.05) is 22.5 Å². The normalized spacial score (nSPS) is 10.2. The van der Waals surface area contributed by atoms with E-state index in [4.69, 9.17) is 11.6 Å². The van der Waals surface area contributed by atoms with E-state index in [9.17, 15) is 4.79 Å². The summed E-state index contributed by atoms with van der Waals surface area (Å²) in [6.45, 7) is 0.503. The third kappa shape index (κ3) is 4.08. The molecule has 0 aliphatic carbocycles. The van der Waals surface area contributed by atoms with Crippen LogP contribution in [0.15, 0.2) is 53.0 Å². The molecule has 0 aliphatic rings. The number of rotatable bonds is 4. The Morgan fingerprint density at radius 2 is 1.84 bits per heavy atom. The lowest BCUT2D eigenvalue weighted by molar-refractivity contribution is 0.0951. The zero-order valence-corrected chi connectivity index (χ0v) is 12.5. The van der Waals surface area contributed by atoms with E-state index in [1.807, 2.05) is 42.5 Å². The number of nitrogens with one attached hydrogen (secondary N) is 1. The summed E-state index contributed by atoms with van der Waals surface area (Å²) in [5.74, 6) is 0.319. The summed E-state index contributed by atoms with van der Waals surface area (Å²) >= 11 is 9.16. The van der Waals surface area contributed by atoms with Gasteiger partial charge in [0.15, 0.2) is 0 Å². The minimum Gasteiger partial charge on any atom is -0.348 e. The van der Waals surface area contributed by atoms with Gasteiger partial charge >= 0.3 is 0 Å². The summed E-state index contributed by atoms with van der Waals surface area (Å²) in [4.78, 5) is 12.0. The molecule has 0 unspecified atom stereocenters. The summed E-state index contributed by atoms with van der Waals surface area (Å²) in [5.41, 5.74) is 2.63. The monoisotopic (exact) mass is 337 g/mol. The van der Waals surface area contributed by atoms with Crippen molar-refractivity contribution in [2.24, 2.45) is 0 Å². The Morgan fingerprint density at radius 3 is 2.58 bits per heavy atom. The number of halogens is 2. The number of hydrogen-bond acceptors (Lipinski definition) is 1. The van der Waals surface area contributed by atoms with Gasteiger partial charge in [0.1, 0.15) is 0 Å². The third-order valence-corrected chi connectivity index (χ3v) is 3.49. The molecule has 0 aromatic heterocycles. The van der Waals surface area contributed by atoms with Gasteiger partial charge in [-0.3, -0.25) is 4.79 Å². The van der Waals surface area contributed by atoms with Gasteiger partial charge in [-0.05, 0) is 35.4 Å². The molecule has 0 bridgehead atoms. The van der Waals surface area contributed by atoms with E-state index >= 15 is 0 Å². The highest BCUT2D eigenvalue weighted by Gasteiger charge is 2.05. The average molecular weight is 339 g/mol. The van der Waals surface area contributed by atoms with Crippen LogP contribution >= 0.6 is 27.5 Å². The lowest BCUT2D eigenvalue weighted by atomic mass is 10.1. The molecule has 19 heavy (non-hydrogen) atoms. The SMILES string of the molecule is O=C(NCc1cccc(Br)c1)c1cccc(CCl)c1. The van der Waals surface area contributed by atoms with Crippen molar-refractivity contribution in [1.29, 1.82) is 0 Å². The minimum atomic E-state index is -0.0908. The summed E-state index contributed by atoms with van der Waals surface area (Å²) in [7, 11) is 0. The van der Waals surface area contributed by atoms with Gasteiger partial charge in [0.05, 0.1) is 0 Å². The predicted molar refractivity (Wildman–Crippen MR) is 81.3 cm³/mol. The Labute approximate surface area is 125 Å². The molecule has 4 heteroatoms. The highest BCUT2D eigenvalue weighted by atomic mass is 79.9. The molecule has 0 fully saturated rings. The van der Waals surface area contributed by atoms with Crippen LogP contribution in [-0.4, -0.2) is 5.91 Å². The minimum absolute atomic E-state index is 0.0908. The van der Waals surface area contributed by atoms with Crippen molar-refractivity contribution in [2.45, 2.75) is 12.4 Å².